The number of amides is 1. The number of rotatable bonds is 8. The maximum absolute atomic E-state index is 12.0. The number of ether oxygens (including phenoxy) is 1. The summed E-state index contributed by atoms with van der Waals surface area (Å²) in [6.07, 6.45) is 2.35. The molecule has 1 N–H and O–H groups in total. The average Bonchev–Trinajstić information content (AvgIpc) is 2.60. The fourth-order valence-corrected chi connectivity index (χ4v) is 2.30. The molecule has 0 spiro atoms. The number of anilines is 2. The number of unbranched alkanes of at least 4 members (excludes halogenated alkanes) is 1. The van der Waals surface area contributed by atoms with Gasteiger partial charge in [0.25, 0.3) is 5.91 Å². The highest BCUT2D eigenvalue weighted by Gasteiger charge is 2.05. The van der Waals surface area contributed by atoms with E-state index in [1.165, 1.54) is 12.8 Å². The van der Waals surface area contributed by atoms with E-state index in [2.05, 4.69) is 24.2 Å². The molecule has 0 atom stereocenters. The lowest BCUT2D eigenvalue weighted by molar-refractivity contribution is -0.118. The van der Waals surface area contributed by atoms with Gasteiger partial charge in [0, 0.05) is 25.0 Å². The summed E-state index contributed by atoms with van der Waals surface area (Å²) < 4.78 is 5.48. The van der Waals surface area contributed by atoms with Crippen molar-refractivity contribution in [3.05, 3.63) is 54.1 Å². The minimum atomic E-state index is -0.164. The molecule has 0 saturated carbocycles. The molecule has 0 bridgehead atoms. The molecule has 0 fully saturated rings. The van der Waals surface area contributed by atoms with Gasteiger partial charge in [-0.15, -0.1) is 0 Å². The van der Waals surface area contributed by atoms with Crippen LogP contribution in [0.3, 0.4) is 0 Å². The van der Waals surface area contributed by atoms with Gasteiger partial charge in [0.2, 0.25) is 0 Å². The average molecular weight is 326 g/mol. The van der Waals surface area contributed by atoms with Crippen molar-refractivity contribution in [2.75, 3.05) is 30.4 Å². The molecule has 0 unspecified atom stereocenters. The summed E-state index contributed by atoms with van der Waals surface area (Å²) in [5, 5.41) is 2.85. The second-order valence-electron chi connectivity index (χ2n) is 5.97. The van der Waals surface area contributed by atoms with Crippen LogP contribution in [-0.4, -0.2) is 26.1 Å². The van der Waals surface area contributed by atoms with E-state index < -0.39 is 0 Å². The smallest absolute Gasteiger partial charge is 0.262 e. The lowest BCUT2D eigenvalue weighted by Crippen LogP contribution is -2.20. The monoisotopic (exact) mass is 326 g/mol. The lowest BCUT2D eigenvalue weighted by Gasteiger charge is -2.19. The molecule has 2 aromatic carbocycles. The Balaban J connectivity index is 1.82. The molecular formula is C20H26N2O2. The first-order chi connectivity index (χ1) is 11.6. The highest BCUT2D eigenvalue weighted by Crippen LogP contribution is 2.17. The zero-order chi connectivity index (χ0) is 17.4. The largest absolute Gasteiger partial charge is 0.484 e. The van der Waals surface area contributed by atoms with E-state index in [9.17, 15) is 4.79 Å². The van der Waals surface area contributed by atoms with Gasteiger partial charge in [0.05, 0.1) is 0 Å². The molecule has 2 rings (SSSR count). The van der Waals surface area contributed by atoms with E-state index in [0.717, 1.165) is 23.5 Å². The van der Waals surface area contributed by atoms with E-state index in [4.69, 9.17) is 4.74 Å². The van der Waals surface area contributed by atoms with Gasteiger partial charge >= 0.3 is 0 Å². The molecule has 0 saturated heterocycles. The summed E-state index contributed by atoms with van der Waals surface area (Å²) in [6.45, 7) is 5.23. The summed E-state index contributed by atoms with van der Waals surface area (Å²) in [5.41, 5.74) is 3.09. The van der Waals surface area contributed by atoms with Crippen LogP contribution in [0.2, 0.25) is 0 Å². The van der Waals surface area contributed by atoms with Gasteiger partial charge in [0.15, 0.2) is 6.61 Å². The van der Waals surface area contributed by atoms with Gasteiger partial charge in [-0.1, -0.05) is 31.0 Å². The van der Waals surface area contributed by atoms with Crippen LogP contribution in [0.1, 0.15) is 25.3 Å². The summed E-state index contributed by atoms with van der Waals surface area (Å²) in [7, 11) is 2.08. The second kappa shape index (κ2) is 8.96. The van der Waals surface area contributed by atoms with Gasteiger partial charge in [-0.05, 0) is 49.7 Å². The van der Waals surface area contributed by atoms with Crippen LogP contribution >= 0.6 is 0 Å². The Bertz CT molecular complexity index is 636. The van der Waals surface area contributed by atoms with Crippen molar-refractivity contribution in [2.24, 2.45) is 0 Å². The Morgan fingerprint density at radius 2 is 1.75 bits per heavy atom. The number of carbonyl (C=O) groups is 1. The molecule has 0 aromatic heterocycles. The first-order valence-electron chi connectivity index (χ1n) is 8.39. The fourth-order valence-electron chi connectivity index (χ4n) is 2.30. The van der Waals surface area contributed by atoms with Crippen molar-refractivity contribution in [1.82, 2.24) is 0 Å². The number of aryl methyl sites for hydroxylation is 1. The standard InChI is InChI=1S/C20H26N2O2/c1-4-5-14-22(3)18-10-8-17(9-11-18)21-20(23)15-24-19-12-6-16(2)7-13-19/h6-13H,4-5,14-15H2,1-3H3,(H,21,23). The quantitative estimate of drug-likeness (QED) is 0.788. The molecule has 0 aliphatic heterocycles. The molecule has 0 aliphatic rings. The summed E-state index contributed by atoms with van der Waals surface area (Å²) in [4.78, 5) is 14.2. The molecule has 128 valence electrons. The van der Waals surface area contributed by atoms with Crippen LogP contribution in [0.5, 0.6) is 5.75 Å². The van der Waals surface area contributed by atoms with Crippen LogP contribution in [0, 0.1) is 6.92 Å². The van der Waals surface area contributed by atoms with E-state index in [0.29, 0.717) is 5.75 Å². The SMILES string of the molecule is CCCCN(C)c1ccc(NC(=O)COc2ccc(C)cc2)cc1. The van der Waals surface area contributed by atoms with E-state index in [1.807, 2.05) is 55.5 Å². The number of carbonyl (C=O) groups excluding carboxylic acids is 1. The third-order valence-electron chi connectivity index (χ3n) is 3.83. The van der Waals surface area contributed by atoms with Crippen molar-refractivity contribution in [1.29, 1.82) is 0 Å². The van der Waals surface area contributed by atoms with Gasteiger partial charge in [-0.3, -0.25) is 4.79 Å². The summed E-state index contributed by atoms with van der Waals surface area (Å²) in [6, 6.07) is 15.5. The Kier molecular flexibility index (Phi) is 6.67. The molecular weight excluding hydrogens is 300 g/mol. The highest BCUT2D eigenvalue weighted by atomic mass is 16.5. The topological polar surface area (TPSA) is 41.6 Å². The van der Waals surface area contributed by atoms with Crippen LogP contribution < -0.4 is 15.0 Å². The molecule has 24 heavy (non-hydrogen) atoms. The minimum Gasteiger partial charge on any atom is -0.484 e. The van der Waals surface area contributed by atoms with Gasteiger partial charge in [0.1, 0.15) is 5.75 Å². The zero-order valence-electron chi connectivity index (χ0n) is 14.7. The summed E-state index contributed by atoms with van der Waals surface area (Å²) >= 11 is 0. The van der Waals surface area contributed by atoms with Gasteiger partial charge < -0.3 is 15.0 Å². The van der Waals surface area contributed by atoms with Crippen molar-refractivity contribution >= 4 is 17.3 Å². The first-order valence-corrected chi connectivity index (χ1v) is 8.39. The maximum Gasteiger partial charge on any atom is 0.262 e. The van der Waals surface area contributed by atoms with E-state index in [-0.39, 0.29) is 12.5 Å². The van der Waals surface area contributed by atoms with Crippen molar-refractivity contribution in [3.8, 4) is 5.75 Å². The predicted molar refractivity (Wildman–Crippen MR) is 99.9 cm³/mol. The molecule has 0 heterocycles. The Labute approximate surface area is 144 Å². The fraction of sp³-hybridized carbons (Fsp3) is 0.350. The molecule has 1 amide bonds. The van der Waals surface area contributed by atoms with Crippen LogP contribution in [0.15, 0.2) is 48.5 Å². The first kappa shape index (κ1) is 17.9. The maximum atomic E-state index is 12.0. The van der Waals surface area contributed by atoms with Crippen LogP contribution in [0.25, 0.3) is 0 Å². The summed E-state index contributed by atoms with van der Waals surface area (Å²) in [5.74, 6) is 0.534. The highest BCUT2D eigenvalue weighted by molar-refractivity contribution is 5.92. The Morgan fingerprint density at radius 1 is 1.08 bits per heavy atom. The third-order valence-corrected chi connectivity index (χ3v) is 3.83. The molecule has 0 radical (unpaired) electrons. The molecule has 4 nitrogen and oxygen atoms in total. The number of hydrogen-bond acceptors (Lipinski definition) is 3. The molecule has 0 aliphatic carbocycles. The Morgan fingerprint density at radius 3 is 2.38 bits per heavy atom. The van der Waals surface area contributed by atoms with Crippen molar-refractivity contribution in [2.45, 2.75) is 26.7 Å². The van der Waals surface area contributed by atoms with E-state index >= 15 is 0 Å². The number of nitrogens with one attached hydrogen (secondary N) is 1. The lowest BCUT2D eigenvalue weighted by atomic mass is 10.2. The normalized spacial score (nSPS) is 10.3. The van der Waals surface area contributed by atoms with Crippen LogP contribution in [0.4, 0.5) is 11.4 Å². The van der Waals surface area contributed by atoms with E-state index in [1.54, 1.807) is 0 Å². The number of nitrogens with zero attached hydrogens (tertiary/aromatic N) is 1. The minimum absolute atomic E-state index is 0.00121. The molecule has 2 aromatic rings. The second-order valence-corrected chi connectivity index (χ2v) is 5.97. The predicted octanol–water partition coefficient (Wildman–Crippen LogP) is 4.25. The van der Waals surface area contributed by atoms with Gasteiger partial charge in [-0.25, -0.2) is 0 Å². The van der Waals surface area contributed by atoms with Crippen molar-refractivity contribution in [3.63, 3.8) is 0 Å². The number of benzene rings is 2. The molecule has 4 heteroatoms. The zero-order valence-corrected chi connectivity index (χ0v) is 14.7. The Hall–Kier alpha value is -2.49. The van der Waals surface area contributed by atoms with Crippen molar-refractivity contribution < 1.29 is 9.53 Å². The number of hydrogen-bond donors (Lipinski definition) is 1. The van der Waals surface area contributed by atoms with Crippen LogP contribution in [-0.2, 0) is 4.79 Å². The van der Waals surface area contributed by atoms with Gasteiger partial charge in [-0.2, -0.15) is 0 Å². The third kappa shape index (κ3) is 5.61.